The van der Waals surface area contributed by atoms with Crippen LogP contribution in [-0.2, 0) is 5.41 Å². The second kappa shape index (κ2) is 6.17. The highest BCUT2D eigenvalue weighted by Crippen LogP contribution is 2.46. The lowest BCUT2D eigenvalue weighted by atomic mass is 9.79. The molecule has 4 aromatic carbocycles. The smallest absolute Gasteiger partial charge is 0.0682 e. The fourth-order valence-electron chi connectivity index (χ4n) is 4.86. The molecular weight excluding hydrogens is 364 g/mol. The molecule has 0 aliphatic carbocycles. The van der Waals surface area contributed by atoms with Crippen LogP contribution in [0, 0.1) is 0 Å². The Morgan fingerprint density at radius 3 is 2.10 bits per heavy atom. The van der Waals surface area contributed by atoms with Gasteiger partial charge < -0.3 is 4.57 Å². The summed E-state index contributed by atoms with van der Waals surface area (Å²) in [5, 5.41) is 2.52. The molecule has 0 atom stereocenters. The second-order valence-corrected chi connectivity index (χ2v) is 8.53. The van der Waals surface area contributed by atoms with E-state index in [1.54, 1.807) is 0 Å². The zero-order valence-corrected chi connectivity index (χ0v) is 17.1. The molecule has 0 amide bonds. The monoisotopic (exact) mass is 386 g/mol. The summed E-state index contributed by atoms with van der Waals surface area (Å²) in [5.41, 5.74) is 8.20. The van der Waals surface area contributed by atoms with Crippen molar-refractivity contribution in [3.05, 3.63) is 108 Å². The van der Waals surface area contributed by atoms with Crippen LogP contribution in [-0.4, -0.2) is 10.3 Å². The molecular formula is C28H22N2. The summed E-state index contributed by atoms with van der Waals surface area (Å²) in [6.45, 7) is 4.57. The number of benzene rings is 4. The van der Waals surface area contributed by atoms with Crippen molar-refractivity contribution in [2.24, 2.45) is 4.99 Å². The molecule has 1 aliphatic rings. The number of fused-ring (bicyclic) bond motifs is 4. The molecule has 0 saturated heterocycles. The minimum atomic E-state index is -0.150. The topological polar surface area (TPSA) is 17.3 Å². The second-order valence-electron chi connectivity index (χ2n) is 8.53. The van der Waals surface area contributed by atoms with Gasteiger partial charge in [-0.3, -0.25) is 4.99 Å². The average molecular weight is 386 g/mol. The number of hydrogen-bond donors (Lipinski definition) is 0. The van der Waals surface area contributed by atoms with Gasteiger partial charge in [0.15, 0.2) is 0 Å². The maximum absolute atomic E-state index is 5.12. The van der Waals surface area contributed by atoms with E-state index in [1.165, 1.54) is 38.6 Å². The minimum Gasteiger partial charge on any atom is -0.309 e. The van der Waals surface area contributed by atoms with Crippen molar-refractivity contribution in [1.82, 2.24) is 4.57 Å². The van der Waals surface area contributed by atoms with Crippen LogP contribution >= 0.6 is 0 Å². The van der Waals surface area contributed by atoms with Crippen molar-refractivity contribution in [1.29, 1.82) is 0 Å². The molecule has 0 fully saturated rings. The molecule has 2 heteroatoms. The van der Waals surface area contributed by atoms with E-state index >= 15 is 0 Å². The van der Waals surface area contributed by atoms with Gasteiger partial charge in [-0.15, -0.1) is 0 Å². The summed E-state index contributed by atoms with van der Waals surface area (Å²) in [5.74, 6) is 0. The van der Waals surface area contributed by atoms with Crippen LogP contribution in [0.15, 0.2) is 102 Å². The third-order valence-corrected chi connectivity index (χ3v) is 6.35. The van der Waals surface area contributed by atoms with Crippen LogP contribution in [0.3, 0.4) is 0 Å². The molecule has 144 valence electrons. The van der Waals surface area contributed by atoms with Gasteiger partial charge in [0.1, 0.15) is 0 Å². The molecule has 2 heterocycles. The van der Waals surface area contributed by atoms with Gasteiger partial charge >= 0.3 is 0 Å². The van der Waals surface area contributed by atoms with Gasteiger partial charge in [-0.1, -0.05) is 80.6 Å². The van der Waals surface area contributed by atoms with Gasteiger partial charge in [-0.2, -0.15) is 0 Å². The molecule has 0 saturated carbocycles. The van der Waals surface area contributed by atoms with Gasteiger partial charge in [0, 0.05) is 21.9 Å². The van der Waals surface area contributed by atoms with Crippen LogP contribution in [0.1, 0.15) is 25.0 Å². The Labute approximate surface area is 176 Å². The number of aliphatic imine (C=N–C) groups is 1. The molecule has 2 nitrogen and oxygen atoms in total. The number of nitrogens with zero attached hydrogens (tertiary/aromatic N) is 2. The number of aromatic nitrogens is 1. The van der Waals surface area contributed by atoms with Crippen LogP contribution < -0.4 is 0 Å². The zero-order valence-electron chi connectivity index (χ0n) is 17.1. The van der Waals surface area contributed by atoms with Crippen molar-refractivity contribution >= 4 is 33.2 Å². The molecule has 1 aliphatic heterocycles. The molecule has 6 rings (SSSR count). The summed E-state index contributed by atoms with van der Waals surface area (Å²) in [6.07, 6.45) is 0. The van der Waals surface area contributed by atoms with Gasteiger partial charge in [0.05, 0.1) is 22.4 Å². The summed E-state index contributed by atoms with van der Waals surface area (Å²) in [4.78, 5) is 5.12. The van der Waals surface area contributed by atoms with Crippen LogP contribution in [0.4, 0.5) is 5.69 Å². The normalized spacial score (nSPS) is 14.8. The van der Waals surface area contributed by atoms with Gasteiger partial charge in [-0.25, -0.2) is 0 Å². The fraction of sp³-hybridized carbons (Fsp3) is 0.107. The molecule has 30 heavy (non-hydrogen) atoms. The maximum Gasteiger partial charge on any atom is 0.0682 e. The average Bonchev–Trinajstić information content (AvgIpc) is 3.25. The van der Waals surface area contributed by atoms with E-state index in [0.717, 1.165) is 11.4 Å². The molecule has 0 N–H and O–H groups in total. The SMILES string of the molecule is CC1(C)C(c2ccccc2)=Nc2cc3c4ccccc4n(-c4ccccc4)c3cc21. The predicted octanol–water partition coefficient (Wildman–Crippen LogP) is 7.20. The highest BCUT2D eigenvalue weighted by molar-refractivity contribution is 6.16. The Hall–Kier alpha value is -3.65. The highest BCUT2D eigenvalue weighted by atomic mass is 15.0. The number of para-hydroxylation sites is 2. The fourth-order valence-corrected chi connectivity index (χ4v) is 4.86. The standard InChI is InChI=1S/C28H22N2/c1-28(2)23-18-26-22(17-24(23)29-27(28)19-11-5-3-6-12-19)21-15-9-10-16-25(21)30(26)20-13-7-4-8-14-20/h3-18H,1-2H3. The Kier molecular flexibility index (Phi) is 3.54. The van der Waals surface area contributed by atoms with Crippen LogP contribution in [0.2, 0.25) is 0 Å². The van der Waals surface area contributed by atoms with Crippen LogP contribution in [0.25, 0.3) is 27.5 Å². The number of rotatable bonds is 2. The lowest BCUT2D eigenvalue weighted by Gasteiger charge is -2.23. The molecule has 1 aromatic heterocycles. The summed E-state index contributed by atoms with van der Waals surface area (Å²) in [6, 6.07) is 34.5. The van der Waals surface area contributed by atoms with Gasteiger partial charge in [0.2, 0.25) is 0 Å². The van der Waals surface area contributed by atoms with E-state index in [-0.39, 0.29) is 5.41 Å². The van der Waals surface area contributed by atoms with E-state index in [1.807, 2.05) is 0 Å². The Bertz CT molecular complexity index is 1440. The lowest BCUT2D eigenvalue weighted by Crippen LogP contribution is -2.26. The van der Waals surface area contributed by atoms with E-state index in [4.69, 9.17) is 4.99 Å². The first-order valence-electron chi connectivity index (χ1n) is 10.4. The summed E-state index contributed by atoms with van der Waals surface area (Å²) >= 11 is 0. The Morgan fingerprint density at radius 2 is 1.33 bits per heavy atom. The van der Waals surface area contributed by atoms with Crippen molar-refractivity contribution in [2.45, 2.75) is 19.3 Å². The van der Waals surface area contributed by atoms with E-state index in [9.17, 15) is 0 Å². The first kappa shape index (κ1) is 17.2. The summed E-state index contributed by atoms with van der Waals surface area (Å²) in [7, 11) is 0. The Balaban J connectivity index is 1.67. The molecule has 0 radical (unpaired) electrons. The highest BCUT2D eigenvalue weighted by Gasteiger charge is 2.36. The van der Waals surface area contributed by atoms with Gasteiger partial charge in [0.25, 0.3) is 0 Å². The largest absolute Gasteiger partial charge is 0.309 e. The minimum absolute atomic E-state index is 0.150. The van der Waals surface area contributed by atoms with Gasteiger partial charge in [-0.05, 0) is 41.5 Å². The zero-order chi connectivity index (χ0) is 20.3. The van der Waals surface area contributed by atoms with Crippen molar-refractivity contribution in [2.75, 3.05) is 0 Å². The Morgan fingerprint density at radius 1 is 0.667 bits per heavy atom. The van der Waals surface area contributed by atoms with Crippen molar-refractivity contribution in [3.8, 4) is 5.69 Å². The van der Waals surface area contributed by atoms with E-state index in [0.29, 0.717) is 0 Å². The van der Waals surface area contributed by atoms with E-state index < -0.39 is 0 Å². The first-order chi connectivity index (χ1) is 14.6. The van der Waals surface area contributed by atoms with E-state index in [2.05, 4.69) is 115 Å². The third-order valence-electron chi connectivity index (χ3n) is 6.35. The predicted molar refractivity (Wildman–Crippen MR) is 126 cm³/mol. The summed E-state index contributed by atoms with van der Waals surface area (Å²) < 4.78 is 2.38. The quantitative estimate of drug-likeness (QED) is 0.305. The van der Waals surface area contributed by atoms with Crippen LogP contribution in [0.5, 0.6) is 0 Å². The molecule has 0 unspecified atom stereocenters. The molecule has 0 bridgehead atoms. The third kappa shape index (κ3) is 2.34. The molecule has 0 spiro atoms. The number of hydrogen-bond acceptors (Lipinski definition) is 1. The molecule has 5 aromatic rings. The lowest BCUT2D eigenvalue weighted by molar-refractivity contribution is 0.738. The van der Waals surface area contributed by atoms with Crippen molar-refractivity contribution in [3.63, 3.8) is 0 Å². The van der Waals surface area contributed by atoms with Crippen molar-refractivity contribution < 1.29 is 0 Å². The first-order valence-corrected chi connectivity index (χ1v) is 10.4. The maximum atomic E-state index is 5.12.